The number of halogens is 1. The molecule has 0 aliphatic heterocycles. The van der Waals surface area contributed by atoms with Gasteiger partial charge in [-0.05, 0) is 35.7 Å². The summed E-state index contributed by atoms with van der Waals surface area (Å²) in [6.07, 6.45) is 0. The minimum Gasteiger partial charge on any atom is -0.479 e. The lowest BCUT2D eigenvalue weighted by molar-refractivity contribution is -0.138. The summed E-state index contributed by atoms with van der Waals surface area (Å²) in [6, 6.07) is 10.4. The lowest BCUT2D eigenvalue weighted by Crippen LogP contribution is -2.19. The number of anilines is 1. The molecule has 0 saturated carbocycles. The third-order valence-electron chi connectivity index (χ3n) is 2.23. The summed E-state index contributed by atoms with van der Waals surface area (Å²) >= 11 is 4.77. The van der Waals surface area contributed by atoms with Gasteiger partial charge in [-0.2, -0.15) is 0 Å². The molecule has 1 aromatic carbocycles. The smallest absolute Gasteiger partial charge is 0.331 e. The summed E-state index contributed by atoms with van der Waals surface area (Å²) in [7, 11) is 0. The lowest BCUT2D eigenvalue weighted by Gasteiger charge is -2.14. The summed E-state index contributed by atoms with van der Waals surface area (Å²) < 4.78 is 0.964. The molecule has 1 unspecified atom stereocenters. The van der Waals surface area contributed by atoms with Crippen LogP contribution in [0.2, 0.25) is 0 Å². The van der Waals surface area contributed by atoms with E-state index in [0.717, 1.165) is 15.0 Å². The third kappa shape index (κ3) is 3.08. The Labute approximate surface area is 111 Å². The highest BCUT2D eigenvalue weighted by atomic mass is 79.9. The molecule has 88 valence electrons. The van der Waals surface area contributed by atoms with Crippen molar-refractivity contribution in [3.05, 3.63) is 51.1 Å². The van der Waals surface area contributed by atoms with Crippen molar-refractivity contribution in [3.8, 4) is 0 Å². The number of hydrogen-bond acceptors (Lipinski definition) is 3. The monoisotopic (exact) mass is 311 g/mol. The first-order valence-electron chi connectivity index (χ1n) is 4.95. The van der Waals surface area contributed by atoms with Gasteiger partial charge in [0.1, 0.15) is 0 Å². The molecular weight excluding hydrogens is 302 g/mol. The van der Waals surface area contributed by atoms with Crippen LogP contribution < -0.4 is 5.32 Å². The van der Waals surface area contributed by atoms with Gasteiger partial charge >= 0.3 is 5.97 Å². The van der Waals surface area contributed by atoms with Crippen LogP contribution in [-0.2, 0) is 4.79 Å². The van der Waals surface area contributed by atoms with E-state index in [4.69, 9.17) is 0 Å². The van der Waals surface area contributed by atoms with Gasteiger partial charge in [0.2, 0.25) is 0 Å². The summed E-state index contributed by atoms with van der Waals surface area (Å²) in [4.78, 5) is 12.0. The average molecular weight is 312 g/mol. The molecular formula is C12H10BrNO2S. The van der Waals surface area contributed by atoms with Crippen LogP contribution in [0.25, 0.3) is 0 Å². The number of carboxylic acid groups (broad SMARTS) is 1. The number of rotatable bonds is 4. The minimum atomic E-state index is -0.879. The topological polar surface area (TPSA) is 49.3 Å². The van der Waals surface area contributed by atoms with Gasteiger partial charge in [0.05, 0.1) is 0 Å². The van der Waals surface area contributed by atoms with Gasteiger partial charge in [-0.15, -0.1) is 11.3 Å². The largest absolute Gasteiger partial charge is 0.479 e. The van der Waals surface area contributed by atoms with Crippen LogP contribution in [-0.4, -0.2) is 11.1 Å². The van der Waals surface area contributed by atoms with E-state index >= 15 is 0 Å². The second-order valence-electron chi connectivity index (χ2n) is 3.44. The van der Waals surface area contributed by atoms with E-state index in [0.29, 0.717) is 0 Å². The molecule has 0 radical (unpaired) electrons. The zero-order valence-electron chi connectivity index (χ0n) is 8.76. The summed E-state index contributed by atoms with van der Waals surface area (Å²) in [5, 5.41) is 14.1. The van der Waals surface area contributed by atoms with Gasteiger partial charge in [-0.25, -0.2) is 4.79 Å². The number of nitrogens with one attached hydrogen (secondary N) is 1. The molecule has 0 amide bonds. The SMILES string of the molecule is O=C(O)C(Nc1ccc(Br)cc1)c1cccs1. The third-order valence-corrected chi connectivity index (χ3v) is 3.70. The second-order valence-corrected chi connectivity index (χ2v) is 5.33. The zero-order chi connectivity index (χ0) is 12.3. The first-order chi connectivity index (χ1) is 8.16. The normalized spacial score (nSPS) is 12.1. The fourth-order valence-corrected chi connectivity index (χ4v) is 2.45. The minimum absolute atomic E-state index is 0.698. The highest BCUT2D eigenvalue weighted by Crippen LogP contribution is 2.24. The quantitative estimate of drug-likeness (QED) is 0.904. The fourth-order valence-electron chi connectivity index (χ4n) is 1.42. The van der Waals surface area contributed by atoms with Crippen LogP contribution in [0.4, 0.5) is 5.69 Å². The van der Waals surface area contributed by atoms with E-state index in [1.165, 1.54) is 11.3 Å². The highest BCUT2D eigenvalue weighted by molar-refractivity contribution is 9.10. The molecule has 3 nitrogen and oxygen atoms in total. The zero-order valence-corrected chi connectivity index (χ0v) is 11.2. The van der Waals surface area contributed by atoms with Crippen LogP contribution in [0.3, 0.4) is 0 Å². The van der Waals surface area contributed by atoms with Crippen molar-refractivity contribution in [2.75, 3.05) is 5.32 Å². The summed E-state index contributed by atoms with van der Waals surface area (Å²) in [5.74, 6) is -0.879. The van der Waals surface area contributed by atoms with Crippen molar-refractivity contribution in [1.82, 2.24) is 0 Å². The van der Waals surface area contributed by atoms with E-state index in [9.17, 15) is 9.90 Å². The summed E-state index contributed by atoms with van der Waals surface area (Å²) in [6.45, 7) is 0. The maximum atomic E-state index is 11.2. The molecule has 2 aromatic rings. The van der Waals surface area contributed by atoms with Crippen molar-refractivity contribution in [2.45, 2.75) is 6.04 Å². The maximum Gasteiger partial charge on any atom is 0.331 e. The molecule has 2 N–H and O–H groups in total. The summed E-state index contributed by atoms with van der Waals surface area (Å²) in [5.41, 5.74) is 0.786. The first-order valence-corrected chi connectivity index (χ1v) is 6.62. The van der Waals surface area contributed by atoms with E-state index in [1.54, 1.807) is 0 Å². The Morgan fingerprint density at radius 1 is 1.29 bits per heavy atom. The standard InChI is InChI=1S/C12H10BrNO2S/c13-8-3-5-9(6-4-8)14-11(12(15)16)10-2-1-7-17-10/h1-7,11,14H,(H,15,16). The molecule has 2 rings (SSSR count). The maximum absolute atomic E-state index is 11.2. The van der Waals surface area contributed by atoms with E-state index in [-0.39, 0.29) is 0 Å². The van der Waals surface area contributed by atoms with Gasteiger partial charge in [0, 0.05) is 15.0 Å². The van der Waals surface area contributed by atoms with Crippen LogP contribution >= 0.6 is 27.3 Å². The Balaban J connectivity index is 2.19. The molecule has 0 saturated heterocycles. The molecule has 0 spiro atoms. The molecule has 1 aromatic heterocycles. The first kappa shape index (κ1) is 12.1. The number of carbonyl (C=O) groups is 1. The number of carboxylic acids is 1. The molecule has 0 fully saturated rings. The Bertz CT molecular complexity index is 496. The second kappa shape index (κ2) is 5.33. The molecule has 1 heterocycles. The predicted molar refractivity (Wildman–Crippen MR) is 72.5 cm³/mol. The molecule has 0 aliphatic rings. The van der Waals surface area contributed by atoms with Crippen LogP contribution in [0, 0.1) is 0 Å². The van der Waals surface area contributed by atoms with Crippen molar-refractivity contribution < 1.29 is 9.90 Å². The molecule has 0 bridgehead atoms. The Kier molecular flexibility index (Phi) is 3.81. The highest BCUT2D eigenvalue weighted by Gasteiger charge is 2.20. The van der Waals surface area contributed by atoms with Crippen LogP contribution in [0.1, 0.15) is 10.9 Å². The lowest BCUT2D eigenvalue weighted by atomic mass is 10.2. The molecule has 0 aliphatic carbocycles. The average Bonchev–Trinajstić information content (AvgIpc) is 2.81. The van der Waals surface area contributed by atoms with Gasteiger partial charge in [-0.3, -0.25) is 0 Å². The number of hydrogen-bond donors (Lipinski definition) is 2. The Hall–Kier alpha value is -1.33. The molecule has 17 heavy (non-hydrogen) atoms. The fraction of sp³-hybridized carbons (Fsp3) is 0.0833. The van der Waals surface area contributed by atoms with Gasteiger partial charge in [-0.1, -0.05) is 22.0 Å². The van der Waals surface area contributed by atoms with E-state index in [1.807, 2.05) is 41.8 Å². The van der Waals surface area contributed by atoms with Crippen molar-refractivity contribution in [2.24, 2.45) is 0 Å². The Morgan fingerprint density at radius 2 is 2.00 bits per heavy atom. The van der Waals surface area contributed by atoms with Crippen molar-refractivity contribution >= 4 is 38.9 Å². The van der Waals surface area contributed by atoms with Crippen molar-refractivity contribution in [1.29, 1.82) is 0 Å². The van der Waals surface area contributed by atoms with Crippen molar-refractivity contribution in [3.63, 3.8) is 0 Å². The van der Waals surface area contributed by atoms with Gasteiger partial charge in [0.25, 0.3) is 0 Å². The van der Waals surface area contributed by atoms with Gasteiger partial charge in [0.15, 0.2) is 6.04 Å². The Morgan fingerprint density at radius 3 is 2.53 bits per heavy atom. The van der Waals surface area contributed by atoms with Gasteiger partial charge < -0.3 is 10.4 Å². The molecule has 5 heteroatoms. The molecule has 1 atom stereocenters. The predicted octanol–water partition coefficient (Wildman–Crippen LogP) is 3.75. The van der Waals surface area contributed by atoms with Crippen LogP contribution in [0.5, 0.6) is 0 Å². The van der Waals surface area contributed by atoms with E-state index in [2.05, 4.69) is 21.2 Å². The van der Waals surface area contributed by atoms with E-state index < -0.39 is 12.0 Å². The number of benzene rings is 1. The number of thiophene rings is 1. The van der Waals surface area contributed by atoms with Crippen LogP contribution in [0.15, 0.2) is 46.3 Å². The number of aliphatic carboxylic acids is 1.